The van der Waals surface area contributed by atoms with Crippen LogP contribution in [0, 0.1) is 0 Å². The predicted octanol–water partition coefficient (Wildman–Crippen LogP) is 2.51. The van der Waals surface area contributed by atoms with E-state index in [1.165, 1.54) is 6.07 Å². The number of carbonyl (C=O) groups is 1. The van der Waals surface area contributed by atoms with Gasteiger partial charge in [0, 0.05) is 25.7 Å². The molecular weight excluding hydrogens is 362 g/mol. The van der Waals surface area contributed by atoms with Crippen molar-refractivity contribution in [2.75, 3.05) is 20.1 Å². The molecule has 27 heavy (non-hydrogen) atoms. The molecule has 0 unspecified atom stereocenters. The van der Waals surface area contributed by atoms with Crippen LogP contribution in [0.4, 0.5) is 0 Å². The Balaban J connectivity index is 1.76. The van der Waals surface area contributed by atoms with Crippen molar-refractivity contribution >= 4 is 21.8 Å². The summed E-state index contributed by atoms with van der Waals surface area (Å²) in [6.07, 6.45) is 0.848. The van der Waals surface area contributed by atoms with E-state index < -0.39 is 10.0 Å². The predicted molar refractivity (Wildman–Crippen MR) is 105 cm³/mol. The topological polar surface area (TPSA) is 70.1 Å². The number of hydrogen-bond acceptors (Lipinski definition) is 4. The maximum Gasteiger partial charge on any atom is 0.285 e. The highest BCUT2D eigenvalue weighted by atomic mass is 32.2. The molecule has 0 atom stereocenters. The second-order valence-electron chi connectivity index (χ2n) is 6.54. The van der Waals surface area contributed by atoms with E-state index in [0.29, 0.717) is 24.5 Å². The van der Waals surface area contributed by atoms with Crippen LogP contribution in [0.1, 0.15) is 24.5 Å². The summed E-state index contributed by atoms with van der Waals surface area (Å²) in [4.78, 5) is 16.5. The number of likely N-dealkylation sites (N-methyl/N-ethyl adjacent to an activating group) is 1. The second-order valence-corrected chi connectivity index (χ2v) is 8.12. The molecule has 0 bridgehead atoms. The molecule has 0 saturated carbocycles. The number of fused-ring (bicyclic) bond motifs is 1. The molecule has 1 aliphatic heterocycles. The van der Waals surface area contributed by atoms with Gasteiger partial charge < -0.3 is 9.80 Å². The summed E-state index contributed by atoms with van der Waals surface area (Å²) in [7, 11) is -2.00. The fourth-order valence-corrected chi connectivity index (χ4v) is 4.36. The number of amidine groups is 1. The van der Waals surface area contributed by atoms with Gasteiger partial charge in [0.25, 0.3) is 10.0 Å². The number of hydrogen-bond donors (Lipinski definition) is 0. The van der Waals surface area contributed by atoms with Crippen LogP contribution in [-0.4, -0.2) is 50.1 Å². The van der Waals surface area contributed by atoms with Gasteiger partial charge in [0.2, 0.25) is 5.91 Å². The van der Waals surface area contributed by atoms with Crippen molar-refractivity contribution in [2.45, 2.75) is 24.8 Å². The van der Waals surface area contributed by atoms with Crippen molar-refractivity contribution in [1.82, 2.24) is 9.80 Å². The normalized spacial score (nSPS) is 14.4. The number of nitrogens with zero attached hydrogens (tertiary/aromatic N) is 3. The molecule has 3 rings (SSSR count). The van der Waals surface area contributed by atoms with Crippen LogP contribution in [0.25, 0.3) is 0 Å². The molecule has 7 heteroatoms. The Bertz CT molecular complexity index is 955. The zero-order chi connectivity index (χ0) is 19.4. The monoisotopic (exact) mass is 385 g/mol. The lowest BCUT2D eigenvalue weighted by molar-refractivity contribution is -0.132. The van der Waals surface area contributed by atoms with E-state index in [2.05, 4.69) is 4.40 Å². The Morgan fingerprint density at radius 1 is 1.04 bits per heavy atom. The van der Waals surface area contributed by atoms with E-state index in [-0.39, 0.29) is 17.3 Å². The number of rotatable bonds is 6. The van der Waals surface area contributed by atoms with E-state index in [1.807, 2.05) is 37.3 Å². The van der Waals surface area contributed by atoms with Gasteiger partial charge in [-0.1, -0.05) is 49.4 Å². The first-order chi connectivity index (χ1) is 12.9. The molecule has 6 nitrogen and oxygen atoms in total. The largest absolute Gasteiger partial charge is 0.349 e. The van der Waals surface area contributed by atoms with Gasteiger partial charge in [-0.2, -0.15) is 8.42 Å². The Hall–Kier alpha value is -2.67. The molecule has 0 fully saturated rings. The summed E-state index contributed by atoms with van der Waals surface area (Å²) < 4.78 is 28.3. The summed E-state index contributed by atoms with van der Waals surface area (Å²) in [6, 6.07) is 16.5. The minimum atomic E-state index is -3.69. The number of carbonyl (C=O) groups excluding carboxylic acids is 1. The van der Waals surface area contributed by atoms with E-state index in [1.54, 1.807) is 35.0 Å². The summed E-state index contributed by atoms with van der Waals surface area (Å²) in [6.45, 7) is 3.26. The molecule has 0 aliphatic carbocycles. The van der Waals surface area contributed by atoms with Gasteiger partial charge in [0.15, 0.2) is 5.84 Å². The average Bonchev–Trinajstić information content (AvgIpc) is 2.94. The highest BCUT2D eigenvalue weighted by Crippen LogP contribution is 2.26. The minimum absolute atomic E-state index is 0.0623. The zero-order valence-corrected chi connectivity index (χ0v) is 16.3. The van der Waals surface area contributed by atoms with Crippen molar-refractivity contribution < 1.29 is 13.2 Å². The van der Waals surface area contributed by atoms with Crippen molar-refractivity contribution in [3.63, 3.8) is 0 Å². The third-order valence-corrected chi connectivity index (χ3v) is 5.73. The molecule has 0 aromatic heterocycles. The Morgan fingerprint density at radius 2 is 1.70 bits per heavy atom. The Kier molecular flexibility index (Phi) is 5.60. The van der Waals surface area contributed by atoms with Crippen LogP contribution in [0.2, 0.25) is 0 Å². The first kappa shape index (κ1) is 19.1. The van der Waals surface area contributed by atoms with Crippen LogP contribution < -0.4 is 0 Å². The summed E-state index contributed by atoms with van der Waals surface area (Å²) in [5, 5.41) is 0. The smallest absolute Gasteiger partial charge is 0.285 e. The molecular formula is C20H23N3O3S. The molecule has 0 saturated heterocycles. The summed E-state index contributed by atoms with van der Waals surface area (Å²) in [5.74, 6) is 0.253. The van der Waals surface area contributed by atoms with Crippen LogP contribution >= 0.6 is 0 Å². The summed E-state index contributed by atoms with van der Waals surface area (Å²) >= 11 is 0. The first-order valence-corrected chi connectivity index (χ1v) is 10.3. The maximum absolute atomic E-state index is 12.9. The highest BCUT2D eigenvalue weighted by Gasteiger charge is 2.31. The third-order valence-electron chi connectivity index (χ3n) is 4.41. The van der Waals surface area contributed by atoms with Gasteiger partial charge in [0.05, 0.1) is 6.54 Å². The van der Waals surface area contributed by atoms with Gasteiger partial charge in [-0.15, -0.1) is 4.40 Å². The fourth-order valence-electron chi connectivity index (χ4n) is 3.11. The lowest BCUT2D eigenvalue weighted by atomic mass is 10.2. The maximum atomic E-state index is 12.9. The van der Waals surface area contributed by atoms with E-state index >= 15 is 0 Å². The molecule has 2 aromatic rings. The number of sulfonamides is 1. The fraction of sp³-hybridized carbons (Fsp3) is 0.300. The number of benzene rings is 2. The van der Waals surface area contributed by atoms with E-state index in [9.17, 15) is 13.2 Å². The third kappa shape index (κ3) is 4.19. The second kappa shape index (κ2) is 7.92. The van der Waals surface area contributed by atoms with Crippen LogP contribution in [0.3, 0.4) is 0 Å². The van der Waals surface area contributed by atoms with Crippen molar-refractivity contribution in [1.29, 1.82) is 0 Å². The van der Waals surface area contributed by atoms with Crippen molar-refractivity contribution in [2.24, 2.45) is 4.40 Å². The first-order valence-electron chi connectivity index (χ1n) is 8.89. The molecule has 1 aliphatic rings. The molecule has 0 radical (unpaired) electrons. The lowest BCUT2D eigenvalue weighted by Crippen LogP contribution is -2.41. The Morgan fingerprint density at radius 3 is 2.41 bits per heavy atom. The molecule has 0 spiro atoms. The van der Waals surface area contributed by atoms with Gasteiger partial charge >= 0.3 is 0 Å². The van der Waals surface area contributed by atoms with Gasteiger partial charge in [-0.25, -0.2) is 0 Å². The molecule has 2 aromatic carbocycles. The van der Waals surface area contributed by atoms with Crippen molar-refractivity contribution in [3.05, 3.63) is 65.7 Å². The lowest BCUT2D eigenvalue weighted by Gasteiger charge is -2.26. The molecule has 1 amide bonds. The highest BCUT2D eigenvalue weighted by molar-refractivity contribution is 7.90. The quantitative estimate of drug-likeness (QED) is 0.766. The summed E-state index contributed by atoms with van der Waals surface area (Å²) in [5.41, 5.74) is 1.60. The van der Waals surface area contributed by atoms with Gasteiger partial charge in [-0.3, -0.25) is 4.79 Å². The average molecular weight is 385 g/mol. The SMILES string of the molecule is CCCN(Cc1ccccc1)C(=O)CN(C)C1=NS(=O)(=O)c2ccccc21. The minimum Gasteiger partial charge on any atom is -0.349 e. The Labute approximate surface area is 160 Å². The molecule has 1 heterocycles. The van der Waals surface area contributed by atoms with Crippen molar-refractivity contribution in [3.8, 4) is 0 Å². The zero-order valence-electron chi connectivity index (χ0n) is 15.5. The molecule has 142 valence electrons. The van der Waals surface area contributed by atoms with Crippen LogP contribution in [-0.2, 0) is 21.4 Å². The van der Waals surface area contributed by atoms with Gasteiger partial charge in [-0.05, 0) is 24.1 Å². The van der Waals surface area contributed by atoms with E-state index in [4.69, 9.17) is 0 Å². The van der Waals surface area contributed by atoms with E-state index in [0.717, 1.165) is 12.0 Å². The van der Waals surface area contributed by atoms with Crippen LogP contribution in [0.5, 0.6) is 0 Å². The standard InChI is InChI=1S/C20H23N3O3S/c1-3-13-23(14-16-9-5-4-6-10-16)19(24)15-22(2)20-17-11-7-8-12-18(17)27(25,26)21-20/h4-12H,3,13-15H2,1-2H3. The van der Waals surface area contributed by atoms with Crippen LogP contribution in [0.15, 0.2) is 63.9 Å². The molecule has 0 N–H and O–H groups in total. The van der Waals surface area contributed by atoms with Gasteiger partial charge in [0.1, 0.15) is 4.90 Å². The number of amides is 1.